The predicted molar refractivity (Wildman–Crippen MR) is 84.4 cm³/mol. The lowest BCUT2D eigenvalue weighted by atomic mass is 9.88. The highest BCUT2D eigenvalue weighted by molar-refractivity contribution is 7.89. The van der Waals surface area contributed by atoms with Crippen molar-refractivity contribution in [3.05, 3.63) is 0 Å². The van der Waals surface area contributed by atoms with Gasteiger partial charge in [-0.05, 0) is 12.8 Å². The molecule has 0 saturated carbocycles. The Labute approximate surface area is 128 Å². The molecular weight excluding hydrogens is 302 g/mol. The largest absolute Gasteiger partial charge is 0.348 e. The van der Waals surface area contributed by atoms with E-state index in [-0.39, 0.29) is 24.9 Å². The summed E-state index contributed by atoms with van der Waals surface area (Å²) in [6, 6.07) is 0. The van der Waals surface area contributed by atoms with E-state index in [0.717, 1.165) is 0 Å². The number of rotatable bonds is 8. The average Bonchev–Trinajstić information content (AvgIpc) is 2.28. The third-order valence-corrected chi connectivity index (χ3v) is 5.47. The first kappa shape index (κ1) is 21.9. The Hall–Kier alpha value is -0.370. The first-order valence-electron chi connectivity index (χ1n) is 6.61. The van der Waals surface area contributed by atoms with Crippen LogP contribution in [0, 0.1) is 5.92 Å². The van der Waals surface area contributed by atoms with Crippen LogP contribution in [0.5, 0.6) is 0 Å². The van der Waals surface area contributed by atoms with Crippen molar-refractivity contribution in [3.63, 3.8) is 0 Å². The maximum Gasteiger partial charge on any atom is 0.237 e. The zero-order chi connectivity index (χ0) is 15.3. The van der Waals surface area contributed by atoms with Crippen LogP contribution in [0.2, 0.25) is 0 Å². The van der Waals surface area contributed by atoms with E-state index in [9.17, 15) is 13.2 Å². The van der Waals surface area contributed by atoms with Crippen molar-refractivity contribution in [2.24, 2.45) is 11.7 Å². The van der Waals surface area contributed by atoms with Crippen molar-refractivity contribution in [1.29, 1.82) is 0 Å². The van der Waals surface area contributed by atoms with Crippen LogP contribution in [-0.4, -0.2) is 49.6 Å². The van der Waals surface area contributed by atoms with Gasteiger partial charge in [0.1, 0.15) is 5.75 Å². The Balaban J connectivity index is 0. The van der Waals surface area contributed by atoms with Gasteiger partial charge in [-0.25, -0.2) is 12.7 Å². The molecule has 1 amide bonds. The number of nitrogens with one attached hydrogen (secondary N) is 1. The van der Waals surface area contributed by atoms with Crippen LogP contribution in [-0.2, 0) is 14.8 Å². The van der Waals surface area contributed by atoms with Crippen LogP contribution in [0.4, 0.5) is 0 Å². The molecule has 0 aliphatic heterocycles. The molecule has 0 aliphatic rings. The zero-order valence-electron chi connectivity index (χ0n) is 13.0. The fourth-order valence-corrected chi connectivity index (χ4v) is 3.03. The first-order chi connectivity index (χ1) is 8.62. The second-order valence-corrected chi connectivity index (χ2v) is 7.13. The Morgan fingerprint density at radius 2 is 1.75 bits per heavy atom. The standard InChI is InChI=1S/C12H27N3O3S.ClH/c1-6-15(7-2)19(17,18)8-11(16)14-12(5,9-13)10(3)4;/h10H,6-9,13H2,1-5H3,(H,14,16);1H. The monoisotopic (exact) mass is 329 g/mol. The number of carbonyl (C=O) groups excluding carboxylic acids is 1. The summed E-state index contributed by atoms with van der Waals surface area (Å²) in [4.78, 5) is 11.9. The minimum atomic E-state index is -3.55. The number of carbonyl (C=O) groups is 1. The van der Waals surface area contributed by atoms with E-state index in [1.165, 1.54) is 4.31 Å². The Morgan fingerprint density at radius 3 is 2.05 bits per heavy atom. The van der Waals surface area contributed by atoms with Gasteiger partial charge in [-0.1, -0.05) is 27.7 Å². The molecule has 6 nitrogen and oxygen atoms in total. The lowest BCUT2D eigenvalue weighted by molar-refractivity contribution is -0.120. The van der Waals surface area contributed by atoms with Crippen molar-refractivity contribution < 1.29 is 13.2 Å². The summed E-state index contributed by atoms with van der Waals surface area (Å²) in [6.45, 7) is 10.2. The highest BCUT2D eigenvalue weighted by atomic mass is 35.5. The average molecular weight is 330 g/mol. The topological polar surface area (TPSA) is 92.5 Å². The molecule has 0 heterocycles. The van der Waals surface area contributed by atoms with E-state index in [4.69, 9.17) is 5.73 Å². The minimum absolute atomic E-state index is 0. The van der Waals surface area contributed by atoms with Crippen molar-refractivity contribution >= 4 is 28.3 Å². The molecule has 1 unspecified atom stereocenters. The van der Waals surface area contributed by atoms with Crippen molar-refractivity contribution in [3.8, 4) is 0 Å². The van der Waals surface area contributed by atoms with E-state index in [1.54, 1.807) is 13.8 Å². The second kappa shape index (κ2) is 8.81. The van der Waals surface area contributed by atoms with Crippen molar-refractivity contribution in [2.45, 2.75) is 40.2 Å². The number of sulfonamides is 1. The first-order valence-corrected chi connectivity index (χ1v) is 8.22. The SMILES string of the molecule is CCN(CC)S(=O)(=O)CC(=O)NC(C)(CN)C(C)C.Cl. The molecule has 0 aromatic carbocycles. The molecule has 0 aromatic rings. The van der Waals surface area contributed by atoms with Crippen LogP contribution < -0.4 is 11.1 Å². The summed E-state index contributed by atoms with van der Waals surface area (Å²) in [7, 11) is -3.55. The van der Waals surface area contributed by atoms with E-state index < -0.39 is 27.2 Å². The van der Waals surface area contributed by atoms with Crippen LogP contribution >= 0.6 is 12.4 Å². The van der Waals surface area contributed by atoms with Crippen LogP contribution in [0.1, 0.15) is 34.6 Å². The predicted octanol–water partition coefficient (Wildman–Crippen LogP) is 0.569. The smallest absolute Gasteiger partial charge is 0.237 e. The molecule has 0 fully saturated rings. The van der Waals surface area contributed by atoms with Gasteiger partial charge in [0, 0.05) is 19.6 Å². The molecule has 0 saturated heterocycles. The van der Waals surface area contributed by atoms with E-state index in [1.807, 2.05) is 20.8 Å². The highest BCUT2D eigenvalue weighted by Crippen LogP contribution is 2.14. The van der Waals surface area contributed by atoms with Crippen LogP contribution in [0.15, 0.2) is 0 Å². The van der Waals surface area contributed by atoms with Gasteiger partial charge in [0.15, 0.2) is 0 Å². The van der Waals surface area contributed by atoms with Gasteiger partial charge in [-0.2, -0.15) is 0 Å². The maximum absolute atomic E-state index is 12.0. The molecule has 0 aliphatic carbocycles. The van der Waals surface area contributed by atoms with Crippen LogP contribution in [0.25, 0.3) is 0 Å². The van der Waals surface area contributed by atoms with Gasteiger partial charge in [-0.3, -0.25) is 4.79 Å². The fraction of sp³-hybridized carbons (Fsp3) is 0.917. The molecule has 122 valence electrons. The van der Waals surface area contributed by atoms with E-state index in [2.05, 4.69) is 5.32 Å². The quantitative estimate of drug-likeness (QED) is 0.681. The van der Waals surface area contributed by atoms with Gasteiger partial charge in [0.25, 0.3) is 0 Å². The number of nitrogens with zero attached hydrogens (tertiary/aromatic N) is 1. The molecule has 0 aromatic heterocycles. The Bertz CT molecular complexity index is 397. The lowest BCUT2D eigenvalue weighted by Gasteiger charge is -2.33. The number of halogens is 1. The van der Waals surface area contributed by atoms with Crippen molar-refractivity contribution in [1.82, 2.24) is 9.62 Å². The number of hydrogen-bond acceptors (Lipinski definition) is 4. The minimum Gasteiger partial charge on any atom is -0.348 e. The number of nitrogens with two attached hydrogens (primary N) is 1. The zero-order valence-corrected chi connectivity index (χ0v) is 14.6. The van der Waals surface area contributed by atoms with E-state index >= 15 is 0 Å². The molecule has 0 spiro atoms. The number of amides is 1. The second-order valence-electron chi connectivity index (χ2n) is 5.16. The van der Waals surface area contributed by atoms with Gasteiger partial charge in [0.2, 0.25) is 15.9 Å². The highest BCUT2D eigenvalue weighted by Gasteiger charge is 2.31. The molecule has 0 rings (SSSR count). The normalized spacial score (nSPS) is 14.8. The Morgan fingerprint density at radius 1 is 1.30 bits per heavy atom. The molecule has 8 heteroatoms. The maximum atomic E-state index is 12.0. The van der Waals surface area contributed by atoms with Gasteiger partial charge < -0.3 is 11.1 Å². The molecule has 0 radical (unpaired) electrons. The fourth-order valence-electron chi connectivity index (χ4n) is 1.66. The molecule has 3 N–H and O–H groups in total. The lowest BCUT2D eigenvalue weighted by Crippen LogP contribution is -2.56. The van der Waals surface area contributed by atoms with Gasteiger partial charge in [-0.15, -0.1) is 12.4 Å². The summed E-state index contributed by atoms with van der Waals surface area (Å²) in [5.74, 6) is -0.914. The molecule has 20 heavy (non-hydrogen) atoms. The Kier molecular flexibility index (Phi) is 9.66. The van der Waals surface area contributed by atoms with Gasteiger partial charge in [0.05, 0.1) is 5.54 Å². The third kappa shape index (κ3) is 5.95. The molecule has 0 bridgehead atoms. The van der Waals surface area contributed by atoms with Crippen molar-refractivity contribution in [2.75, 3.05) is 25.4 Å². The third-order valence-electron chi connectivity index (χ3n) is 3.54. The number of hydrogen-bond donors (Lipinski definition) is 2. The van der Waals surface area contributed by atoms with E-state index in [0.29, 0.717) is 13.1 Å². The summed E-state index contributed by atoms with van der Waals surface area (Å²) in [5.41, 5.74) is 5.07. The summed E-state index contributed by atoms with van der Waals surface area (Å²) in [6.07, 6.45) is 0. The summed E-state index contributed by atoms with van der Waals surface area (Å²) < 4.78 is 25.2. The van der Waals surface area contributed by atoms with Gasteiger partial charge >= 0.3 is 0 Å². The van der Waals surface area contributed by atoms with Crippen LogP contribution in [0.3, 0.4) is 0 Å². The summed E-state index contributed by atoms with van der Waals surface area (Å²) in [5, 5.41) is 2.73. The molecular formula is C12H28ClN3O3S. The molecule has 1 atom stereocenters. The summed E-state index contributed by atoms with van der Waals surface area (Å²) >= 11 is 0.